The second-order valence-corrected chi connectivity index (χ2v) is 3.45. The van der Waals surface area contributed by atoms with Crippen LogP contribution >= 0.6 is 11.8 Å². The average molecular weight is 196 g/mol. The van der Waals surface area contributed by atoms with Crippen LogP contribution in [-0.2, 0) is 0 Å². The molecule has 0 amide bonds. The van der Waals surface area contributed by atoms with Crippen molar-refractivity contribution in [1.29, 1.82) is 0 Å². The van der Waals surface area contributed by atoms with Gasteiger partial charge in [0.2, 0.25) is 0 Å². The van der Waals surface area contributed by atoms with E-state index in [4.69, 9.17) is 10.3 Å². The van der Waals surface area contributed by atoms with Crippen molar-refractivity contribution >= 4 is 22.9 Å². The number of benzene rings is 1. The van der Waals surface area contributed by atoms with E-state index in [-0.39, 0.29) is 0 Å². The molecule has 68 valence electrons. The molecule has 2 aromatic rings. The van der Waals surface area contributed by atoms with E-state index >= 15 is 0 Å². The number of fused-ring (bicyclic) bond motifs is 1. The Hall–Kier alpha value is -1.36. The van der Waals surface area contributed by atoms with Crippen LogP contribution in [-0.4, -0.2) is 10.9 Å². The molecular formula is C8H8N2O2S. The van der Waals surface area contributed by atoms with E-state index in [1.165, 1.54) is 0 Å². The van der Waals surface area contributed by atoms with E-state index in [1.807, 2.05) is 18.4 Å². The monoisotopic (exact) mass is 196 g/mol. The van der Waals surface area contributed by atoms with Crippen LogP contribution in [0.1, 0.15) is 0 Å². The first-order chi connectivity index (χ1) is 6.22. The van der Waals surface area contributed by atoms with E-state index in [0.29, 0.717) is 11.1 Å². The molecule has 0 saturated heterocycles. The number of oxazole rings is 1. The molecule has 1 aromatic carbocycles. The molecule has 0 fully saturated rings. The Morgan fingerprint density at radius 3 is 3.00 bits per heavy atom. The Kier molecular flexibility index (Phi) is 1.81. The third-order valence-corrected chi connectivity index (χ3v) is 2.54. The minimum absolute atomic E-state index is 0.519. The summed E-state index contributed by atoms with van der Waals surface area (Å²) in [6.45, 7) is 0. The van der Waals surface area contributed by atoms with Crippen LogP contribution in [0.2, 0.25) is 0 Å². The normalized spacial score (nSPS) is 10.8. The zero-order valence-corrected chi connectivity index (χ0v) is 7.80. The maximum absolute atomic E-state index is 11.0. The number of nitrogens with zero attached hydrogens (tertiary/aromatic N) is 1. The fraction of sp³-hybridized carbons (Fsp3) is 0.125. The molecule has 1 aromatic heterocycles. The summed E-state index contributed by atoms with van der Waals surface area (Å²) in [6, 6.07) is 5.45. The number of rotatable bonds is 1. The second kappa shape index (κ2) is 2.85. The largest absolute Gasteiger partial charge is 0.438 e. The molecule has 0 spiro atoms. The van der Waals surface area contributed by atoms with Crippen molar-refractivity contribution in [2.75, 3.05) is 12.1 Å². The smallest absolute Gasteiger partial charge is 0.406 e. The number of hydrogen-bond acceptors (Lipinski definition) is 4. The molecule has 0 saturated carbocycles. The molecule has 2 N–H and O–H groups in total. The molecule has 0 aliphatic heterocycles. The van der Waals surface area contributed by atoms with Crippen LogP contribution in [0.15, 0.2) is 32.3 Å². The summed E-state index contributed by atoms with van der Waals surface area (Å²) >= 11 is 1.59. The first-order valence-corrected chi connectivity index (χ1v) is 4.89. The third kappa shape index (κ3) is 1.21. The Morgan fingerprint density at radius 1 is 1.54 bits per heavy atom. The first kappa shape index (κ1) is 8.25. The molecule has 0 atom stereocenters. The molecule has 0 unspecified atom stereocenters. The van der Waals surface area contributed by atoms with Crippen LogP contribution < -0.4 is 11.6 Å². The summed E-state index contributed by atoms with van der Waals surface area (Å²) in [7, 11) is 0. The quantitative estimate of drug-likeness (QED) is 0.546. The van der Waals surface area contributed by atoms with Crippen LogP contribution in [0.4, 0.5) is 0 Å². The molecule has 0 bridgehead atoms. The summed E-state index contributed by atoms with van der Waals surface area (Å²) in [5.74, 6) is 4.93. The standard InChI is InChI=1S/C8H8N2O2S/c1-13-5-2-3-7-6(4-5)10(9)8(11)12-7/h2-4H,9H2,1H3. The van der Waals surface area contributed by atoms with Gasteiger partial charge in [0.15, 0.2) is 5.58 Å². The molecule has 0 radical (unpaired) electrons. The highest BCUT2D eigenvalue weighted by Gasteiger charge is 2.06. The lowest BCUT2D eigenvalue weighted by Gasteiger charge is -1.95. The van der Waals surface area contributed by atoms with Crippen molar-refractivity contribution in [3.63, 3.8) is 0 Å². The van der Waals surface area contributed by atoms with Gasteiger partial charge in [0.1, 0.15) is 5.52 Å². The highest BCUT2D eigenvalue weighted by atomic mass is 32.2. The highest BCUT2D eigenvalue weighted by Crippen LogP contribution is 2.19. The van der Waals surface area contributed by atoms with Crippen molar-refractivity contribution in [1.82, 2.24) is 4.68 Å². The van der Waals surface area contributed by atoms with Crippen molar-refractivity contribution in [2.24, 2.45) is 0 Å². The zero-order chi connectivity index (χ0) is 9.42. The molecular weight excluding hydrogens is 188 g/mol. The van der Waals surface area contributed by atoms with Crippen LogP contribution in [0.5, 0.6) is 0 Å². The highest BCUT2D eigenvalue weighted by molar-refractivity contribution is 7.98. The van der Waals surface area contributed by atoms with Crippen LogP contribution in [0, 0.1) is 0 Å². The van der Waals surface area contributed by atoms with E-state index in [2.05, 4.69) is 0 Å². The van der Waals surface area contributed by atoms with Gasteiger partial charge in [0.05, 0.1) is 0 Å². The molecule has 13 heavy (non-hydrogen) atoms. The number of hydrogen-bond donors (Lipinski definition) is 1. The topological polar surface area (TPSA) is 61.2 Å². The Balaban J connectivity index is 2.82. The Labute approximate surface area is 78.3 Å². The zero-order valence-electron chi connectivity index (χ0n) is 6.98. The summed E-state index contributed by atoms with van der Waals surface area (Å²) in [5.41, 5.74) is 1.14. The first-order valence-electron chi connectivity index (χ1n) is 3.67. The Morgan fingerprint density at radius 2 is 2.31 bits per heavy atom. The van der Waals surface area contributed by atoms with E-state index in [9.17, 15) is 4.79 Å². The van der Waals surface area contributed by atoms with Crippen molar-refractivity contribution < 1.29 is 4.42 Å². The third-order valence-electron chi connectivity index (χ3n) is 1.82. The average Bonchev–Trinajstić information content (AvgIpc) is 2.43. The predicted molar refractivity (Wildman–Crippen MR) is 52.4 cm³/mol. The molecule has 0 aliphatic carbocycles. The van der Waals surface area contributed by atoms with E-state index < -0.39 is 5.76 Å². The van der Waals surface area contributed by atoms with Gasteiger partial charge < -0.3 is 10.3 Å². The van der Waals surface area contributed by atoms with Gasteiger partial charge in [-0.15, -0.1) is 11.8 Å². The van der Waals surface area contributed by atoms with Gasteiger partial charge in [-0.1, -0.05) is 0 Å². The van der Waals surface area contributed by atoms with Crippen LogP contribution in [0.3, 0.4) is 0 Å². The van der Waals surface area contributed by atoms with Crippen LogP contribution in [0.25, 0.3) is 11.1 Å². The SMILES string of the molecule is CSc1ccc2oc(=O)n(N)c2c1. The summed E-state index contributed by atoms with van der Waals surface area (Å²) in [6.07, 6.45) is 1.96. The lowest BCUT2D eigenvalue weighted by atomic mass is 10.3. The predicted octanol–water partition coefficient (Wildman–Crippen LogP) is 1.03. The minimum atomic E-state index is -0.534. The molecule has 2 rings (SSSR count). The van der Waals surface area contributed by atoms with Gasteiger partial charge in [-0.05, 0) is 24.5 Å². The minimum Gasteiger partial charge on any atom is -0.406 e. The summed E-state index contributed by atoms with van der Waals surface area (Å²) in [5, 5.41) is 0. The lowest BCUT2D eigenvalue weighted by molar-refractivity contribution is 0.535. The fourth-order valence-electron chi connectivity index (χ4n) is 1.14. The molecule has 1 heterocycles. The maximum atomic E-state index is 11.0. The number of aromatic nitrogens is 1. The summed E-state index contributed by atoms with van der Waals surface area (Å²) < 4.78 is 5.88. The Bertz CT molecular complexity index is 500. The van der Waals surface area contributed by atoms with Gasteiger partial charge in [-0.2, -0.15) is 4.68 Å². The number of nitrogens with two attached hydrogens (primary N) is 1. The second-order valence-electron chi connectivity index (χ2n) is 2.57. The van der Waals surface area contributed by atoms with E-state index in [1.54, 1.807) is 17.8 Å². The molecule has 5 heteroatoms. The molecule has 0 aliphatic rings. The van der Waals surface area contributed by atoms with Gasteiger partial charge in [0, 0.05) is 4.90 Å². The fourth-order valence-corrected chi connectivity index (χ4v) is 1.57. The lowest BCUT2D eigenvalue weighted by Crippen LogP contribution is -2.21. The van der Waals surface area contributed by atoms with Gasteiger partial charge in [-0.25, -0.2) is 4.79 Å². The van der Waals surface area contributed by atoms with E-state index in [0.717, 1.165) is 9.57 Å². The van der Waals surface area contributed by atoms with Crippen molar-refractivity contribution in [3.8, 4) is 0 Å². The van der Waals surface area contributed by atoms with Gasteiger partial charge in [-0.3, -0.25) is 0 Å². The van der Waals surface area contributed by atoms with Gasteiger partial charge in [0.25, 0.3) is 0 Å². The number of nitrogen functional groups attached to an aromatic ring is 1. The maximum Gasteiger partial charge on any atom is 0.438 e. The van der Waals surface area contributed by atoms with Crippen molar-refractivity contribution in [2.45, 2.75) is 4.90 Å². The summed E-state index contributed by atoms with van der Waals surface area (Å²) in [4.78, 5) is 12.1. The number of thioether (sulfide) groups is 1. The van der Waals surface area contributed by atoms with Crippen molar-refractivity contribution in [3.05, 3.63) is 28.7 Å². The van der Waals surface area contributed by atoms with Gasteiger partial charge >= 0.3 is 5.76 Å². The molecule has 4 nitrogen and oxygen atoms in total.